The van der Waals surface area contributed by atoms with Gasteiger partial charge in [-0.05, 0) is 73.6 Å². The molecule has 0 fully saturated rings. The Bertz CT molecular complexity index is 2090. The summed E-state index contributed by atoms with van der Waals surface area (Å²) in [5, 5.41) is 8.93. The number of para-hydroxylation sites is 3. The van der Waals surface area contributed by atoms with Gasteiger partial charge in [0.2, 0.25) is 0 Å². The van der Waals surface area contributed by atoms with Crippen molar-refractivity contribution in [2.24, 2.45) is 0 Å². The van der Waals surface area contributed by atoms with Crippen LogP contribution in [0.15, 0.2) is 146 Å². The lowest BCUT2D eigenvalue weighted by atomic mass is 9.83. The number of hydrogen-bond acceptors (Lipinski definition) is 2. The minimum Gasteiger partial charge on any atom is -0.359 e. The third-order valence-corrected chi connectivity index (χ3v) is 8.80. The molecule has 0 saturated heterocycles. The van der Waals surface area contributed by atoms with Crippen molar-refractivity contribution in [3.8, 4) is 33.4 Å². The van der Waals surface area contributed by atoms with Crippen LogP contribution >= 0.6 is 0 Å². The van der Waals surface area contributed by atoms with Gasteiger partial charge in [0.25, 0.3) is 0 Å². The maximum atomic E-state index is 3.80. The molecule has 192 valence electrons. The molecule has 0 saturated carbocycles. The molecule has 41 heavy (non-hydrogen) atoms. The molecule has 0 spiro atoms. The van der Waals surface area contributed by atoms with Gasteiger partial charge in [-0.1, -0.05) is 121 Å². The highest BCUT2D eigenvalue weighted by Gasteiger charge is 2.37. The van der Waals surface area contributed by atoms with Crippen LogP contribution in [0.25, 0.3) is 54.9 Å². The third kappa shape index (κ3) is 3.19. The second-order valence-corrected chi connectivity index (χ2v) is 11.0. The first-order chi connectivity index (χ1) is 20.4. The van der Waals surface area contributed by atoms with Crippen molar-refractivity contribution in [3.05, 3.63) is 151 Å². The Labute approximate surface area is 239 Å². The number of fused-ring (bicyclic) bond motifs is 10. The Morgan fingerprint density at radius 1 is 0.439 bits per heavy atom. The van der Waals surface area contributed by atoms with Gasteiger partial charge in [-0.15, -0.1) is 0 Å². The molecule has 0 aliphatic carbocycles. The summed E-state index contributed by atoms with van der Waals surface area (Å²) in [4.78, 5) is 2.45. The van der Waals surface area contributed by atoms with E-state index in [4.69, 9.17) is 0 Å². The van der Waals surface area contributed by atoms with Crippen LogP contribution in [0.1, 0.15) is 11.7 Å². The molecule has 2 aliphatic rings. The molecule has 1 N–H and O–H groups in total. The van der Waals surface area contributed by atoms with Gasteiger partial charge in [0.1, 0.15) is 6.17 Å². The number of rotatable bonds is 2. The number of nitrogens with one attached hydrogen (secondary N) is 1. The maximum absolute atomic E-state index is 3.80. The standard InChI is InChI=1S/C39H26N2/c1-2-12-25(13-3-1)37-28-15-4-6-17-30(28)38(31-18-7-5-16-29(31)37)26-22-23-32-33(24-26)27-14-8-10-20-35(27)41-36-21-11-9-19-34(36)40-39(32)41/h1-24,39-40H. The van der Waals surface area contributed by atoms with E-state index >= 15 is 0 Å². The molecule has 2 heterocycles. The number of nitrogens with zero attached hydrogens (tertiary/aromatic N) is 1. The monoisotopic (exact) mass is 522 g/mol. The van der Waals surface area contributed by atoms with Crippen LogP contribution in [0.5, 0.6) is 0 Å². The Kier molecular flexibility index (Phi) is 4.70. The first kappa shape index (κ1) is 22.5. The normalized spacial score (nSPS) is 14.7. The zero-order valence-electron chi connectivity index (χ0n) is 22.4. The third-order valence-electron chi connectivity index (χ3n) is 8.80. The molecule has 2 nitrogen and oxygen atoms in total. The van der Waals surface area contributed by atoms with Crippen molar-refractivity contribution < 1.29 is 0 Å². The van der Waals surface area contributed by atoms with E-state index in [-0.39, 0.29) is 6.17 Å². The van der Waals surface area contributed by atoms with Crippen molar-refractivity contribution in [2.75, 3.05) is 10.2 Å². The first-order valence-corrected chi connectivity index (χ1v) is 14.2. The molecule has 7 aromatic rings. The first-order valence-electron chi connectivity index (χ1n) is 14.2. The van der Waals surface area contributed by atoms with E-state index in [1.54, 1.807) is 0 Å². The van der Waals surface area contributed by atoms with E-state index in [9.17, 15) is 0 Å². The molecule has 0 aromatic heterocycles. The topological polar surface area (TPSA) is 15.3 Å². The molecule has 1 unspecified atom stereocenters. The van der Waals surface area contributed by atoms with Crippen molar-refractivity contribution in [2.45, 2.75) is 6.17 Å². The summed E-state index contributed by atoms with van der Waals surface area (Å²) < 4.78 is 0. The lowest BCUT2D eigenvalue weighted by Gasteiger charge is -2.35. The molecule has 1 atom stereocenters. The van der Waals surface area contributed by atoms with Crippen LogP contribution < -0.4 is 10.2 Å². The Balaban J connectivity index is 1.32. The molecular formula is C39H26N2. The summed E-state index contributed by atoms with van der Waals surface area (Å²) in [5.74, 6) is 0. The Morgan fingerprint density at radius 2 is 1.00 bits per heavy atom. The number of hydrogen-bond donors (Lipinski definition) is 1. The highest BCUT2D eigenvalue weighted by molar-refractivity contribution is 6.21. The van der Waals surface area contributed by atoms with Gasteiger partial charge < -0.3 is 10.2 Å². The van der Waals surface area contributed by atoms with Gasteiger partial charge in [-0.2, -0.15) is 0 Å². The van der Waals surface area contributed by atoms with Gasteiger partial charge in [-0.25, -0.2) is 0 Å². The van der Waals surface area contributed by atoms with Crippen LogP contribution in [0.2, 0.25) is 0 Å². The fourth-order valence-corrected chi connectivity index (χ4v) is 7.09. The van der Waals surface area contributed by atoms with Crippen molar-refractivity contribution in [1.82, 2.24) is 0 Å². The second kappa shape index (κ2) is 8.58. The van der Waals surface area contributed by atoms with Gasteiger partial charge in [0.15, 0.2) is 0 Å². The number of anilines is 3. The zero-order chi connectivity index (χ0) is 26.9. The molecule has 0 amide bonds. The van der Waals surface area contributed by atoms with Crippen LogP contribution in [0, 0.1) is 0 Å². The van der Waals surface area contributed by atoms with E-state index in [1.807, 2.05) is 0 Å². The smallest absolute Gasteiger partial charge is 0.131 e. The van der Waals surface area contributed by atoms with Gasteiger partial charge in [0, 0.05) is 11.1 Å². The summed E-state index contributed by atoms with van der Waals surface area (Å²) in [6, 6.07) is 53.1. The van der Waals surface area contributed by atoms with Crippen LogP contribution in [-0.2, 0) is 0 Å². The Hall–Kier alpha value is -5.34. The lowest BCUT2D eigenvalue weighted by molar-refractivity contribution is 0.819. The summed E-state index contributed by atoms with van der Waals surface area (Å²) in [6.45, 7) is 0. The maximum Gasteiger partial charge on any atom is 0.131 e. The summed E-state index contributed by atoms with van der Waals surface area (Å²) in [6.07, 6.45) is 0.0697. The molecular weight excluding hydrogens is 496 g/mol. The average Bonchev–Trinajstić information content (AvgIpc) is 3.44. The van der Waals surface area contributed by atoms with Crippen LogP contribution in [-0.4, -0.2) is 0 Å². The van der Waals surface area contributed by atoms with E-state index in [2.05, 4.69) is 156 Å². The summed E-state index contributed by atoms with van der Waals surface area (Å²) in [7, 11) is 0. The molecule has 2 heteroatoms. The quantitative estimate of drug-likeness (QED) is 0.227. The van der Waals surface area contributed by atoms with E-state index < -0.39 is 0 Å². The van der Waals surface area contributed by atoms with Gasteiger partial charge in [0.05, 0.1) is 17.1 Å². The van der Waals surface area contributed by atoms with Crippen molar-refractivity contribution in [3.63, 3.8) is 0 Å². The number of benzene rings is 7. The largest absolute Gasteiger partial charge is 0.359 e. The Morgan fingerprint density at radius 3 is 1.71 bits per heavy atom. The molecule has 9 rings (SSSR count). The van der Waals surface area contributed by atoms with E-state index in [1.165, 1.54) is 77.6 Å². The summed E-state index contributed by atoms with van der Waals surface area (Å²) >= 11 is 0. The lowest BCUT2D eigenvalue weighted by Crippen LogP contribution is -2.27. The molecule has 7 aromatic carbocycles. The minimum atomic E-state index is 0.0697. The molecule has 0 radical (unpaired) electrons. The fraction of sp³-hybridized carbons (Fsp3) is 0.0256. The average molecular weight is 523 g/mol. The van der Waals surface area contributed by atoms with Crippen LogP contribution in [0.3, 0.4) is 0 Å². The minimum absolute atomic E-state index is 0.0697. The van der Waals surface area contributed by atoms with Crippen molar-refractivity contribution >= 4 is 38.6 Å². The summed E-state index contributed by atoms with van der Waals surface area (Å²) in [5.41, 5.74) is 12.6. The van der Waals surface area contributed by atoms with E-state index in [0.717, 1.165) is 0 Å². The zero-order valence-corrected chi connectivity index (χ0v) is 22.4. The predicted octanol–water partition coefficient (Wildman–Crippen LogP) is 10.6. The predicted molar refractivity (Wildman–Crippen MR) is 173 cm³/mol. The SMILES string of the molecule is c1ccc(-c2c3ccccc3c(-c3ccc4c(c3)-c3ccccc3N3c5ccccc5NC43)c3ccccc23)cc1. The highest BCUT2D eigenvalue weighted by atomic mass is 15.3. The molecule has 0 bridgehead atoms. The van der Waals surface area contributed by atoms with Gasteiger partial charge in [-0.3, -0.25) is 0 Å². The molecule has 2 aliphatic heterocycles. The van der Waals surface area contributed by atoms with Gasteiger partial charge >= 0.3 is 0 Å². The van der Waals surface area contributed by atoms with Crippen LogP contribution in [0.4, 0.5) is 17.1 Å². The van der Waals surface area contributed by atoms with E-state index in [0.29, 0.717) is 0 Å². The highest BCUT2D eigenvalue weighted by Crippen LogP contribution is 2.55. The fourth-order valence-electron chi connectivity index (χ4n) is 7.09. The second-order valence-electron chi connectivity index (χ2n) is 11.0. The van der Waals surface area contributed by atoms with Crippen molar-refractivity contribution in [1.29, 1.82) is 0 Å².